The number of aryl methyl sites for hydroxylation is 1. The molecule has 2 rings (SSSR count). The van der Waals surface area contributed by atoms with Crippen molar-refractivity contribution in [3.05, 3.63) is 28.0 Å². The third kappa shape index (κ3) is 3.34. The van der Waals surface area contributed by atoms with Crippen LogP contribution < -0.4 is 5.69 Å². The maximum atomic E-state index is 12.2. The molecule has 0 aliphatic rings. The number of carbonyl (C=O) groups excluding carboxylic acids is 1. The van der Waals surface area contributed by atoms with Gasteiger partial charge in [0.05, 0.1) is 0 Å². The van der Waals surface area contributed by atoms with Gasteiger partial charge in [0, 0.05) is 20.7 Å². The van der Waals surface area contributed by atoms with Crippen LogP contribution in [0.15, 0.2) is 9.32 Å². The summed E-state index contributed by atoms with van der Waals surface area (Å²) in [4.78, 5) is 31.5. The molecule has 0 spiro atoms. The van der Waals surface area contributed by atoms with Crippen molar-refractivity contribution in [1.29, 1.82) is 0 Å². The maximum Gasteiger partial charge on any atom is 0.343 e. The van der Waals surface area contributed by atoms with Gasteiger partial charge in [0.2, 0.25) is 11.7 Å². The number of nitrogens with zero attached hydrogens (tertiary/aromatic N) is 5. The van der Waals surface area contributed by atoms with E-state index in [1.165, 1.54) is 19.1 Å². The van der Waals surface area contributed by atoms with E-state index in [4.69, 9.17) is 9.26 Å². The zero-order chi connectivity index (χ0) is 15.4. The van der Waals surface area contributed by atoms with Gasteiger partial charge in [0.15, 0.2) is 5.82 Å². The van der Waals surface area contributed by atoms with E-state index >= 15 is 0 Å². The summed E-state index contributed by atoms with van der Waals surface area (Å²) >= 11 is 0. The van der Waals surface area contributed by atoms with Crippen molar-refractivity contribution in [3.63, 3.8) is 0 Å². The van der Waals surface area contributed by atoms with Crippen molar-refractivity contribution in [2.45, 2.75) is 20.1 Å². The highest BCUT2D eigenvalue weighted by molar-refractivity contribution is 5.90. The average molecular weight is 296 g/mol. The second-order valence-electron chi connectivity index (χ2n) is 4.26. The number of hydrogen-bond donors (Lipinski definition) is 1. The average Bonchev–Trinajstić information content (AvgIpc) is 3.03. The van der Waals surface area contributed by atoms with Gasteiger partial charge >= 0.3 is 5.69 Å². The van der Waals surface area contributed by atoms with Crippen molar-refractivity contribution in [2.24, 2.45) is 7.05 Å². The number of rotatable bonds is 6. The summed E-state index contributed by atoms with van der Waals surface area (Å²) in [6.45, 7) is 2.56. The molecular weight excluding hydrogens is 280 g/mol. The summed E-state index contributed by atoms with van der Waals surface area (Å²) in [6.07, 6.45) is 0. The standard InChI is InChI=1S/C11H16N6O4/c1-4-17(5-8-12-7(6-20-3)15-21-8)10(18)9-13-11(19)16(2)14-9/h4-6H2,1-3H3,(H,13,14,19). The van der Waals surface area contributed by atoms with E-state index in [1.807, 2.05) is 0 Å². The first-order chi connectivity index (χ1) is 10.0. The highest BCUT2D eigenvalue weighted by atomic mass is 16.5. The van der Waals surface area contributed by atoms with Crippen LogP contribution in [0.4, 0.5) is 0 Å². The van der Waals surface area contributed by atoms with Gasteiger partial charge in [-0.05, 0) is 6.92 Å². The first-order valence-electron chi connectivity index (χ1n) is 6.28. The fourth-order valence-electron chi connectivity index (χ4n) is 1.68. The molecule has 0 saturated heterocycles. The molecule has 10 heteroatoms. The van der Waals surface area contributed by atoms with E-state index in [9.17, 15) is 9.59 Å². The van der Waals surface area contributed by atoms with E-state index < -0.39 is 11.6 Å². The molecule has 10 nitrogen and oxygen atoms in total. The molecule has 0 aromatic carbocycles. The Kier molecular flexibility index (Phi) is 4.48. The van der Waals surface area contributed by atoms with Crippen LogP contribution in [-0.4, -0.2) is 49.4 Å². The Morgan fingerprint density at radius 2 is 2.29 bits per heavy atom. The van der Waals surface area contributed by atoms with Crippen molar-refractivity contribution in [2.75, 3.05) is 13.7 Å². The summed E-state index contributed by atoms with van der Waals surface area (Å²) in [5.41, 5.74) is -0.449. The highest BCUT2D eigenvalue weighted by Crippen LogP contribution is 2.06. The molecule has 114 valence electrons. The van der Waals surface area contributed by atoms with Crippen molar-refractivity contribution in [1.82, 2.24) is 29.8 Å². The first kappa shape index (κ1) is 14.9. The normalized spacial score (nSPS) is 10.8. The Morgan fingerprint density at radius 1 is 1.52 bits per heavy atom. The molecule has 0 aliphatic carbocycles. The van der Waals surface area contributed by atoms with Crippen molar-refractivity contribution < 1.29 is 14.1 Å². The van der Waals surface area contributed by atoms with Crippen LogP contribution in [0, 0.1) is 0 Å². The molecule has 2 heterocycles. The quantitative estimate of drug-likeness (QED) is 0.748. The Labute approximate surface area is 119 Å². The topological polar surface area (TPSA) is 119 Å². The lowest BCUT2D eigenvalue weighted by atomic mass is 10.4. The Bertz CT molecular complexity index is 672. The van der Waals surface area contributed by atoms with Crippen LogP contribution >= 0.6 is 0 Å². The van der Waals surface area contributed by atoms with Crippen LogP contribution in [0.3, 0.4) is 0 Å². The van der Waals surface area contributed by atoms with Gasteiger partial charge in [-0.25, -0.2) is 9.48 Å². The minimum absolute atomic E-state index is 0.0269. The molecule has 0 aliphatic heterocycles. The lowest BCUT2D eigenvalue weighted by Crippen LogP contribution is -2.31. The predicted octanol–water partition coefficient (Wildman–Crippen LogP) is -0.700. The lowest BCUT2D eigenvalue weighted by Gasteiger charge is -2.16. The Hall–Kier alpha value is -2.49. The number of amides is 1. The van der Waals surface area contributed by atoms with Crippen LogP contribution in [0.5, 0.6) is 0 Å². The van der Waals surface area contributed by atoms with E-state index in [0.29, 0.717) is 12.4 Å². The van der Waals surface area contributed by atoms with Crippen LogP contribution in [-0.2, 0) is 24.9 Å². The molecule has 0 fully saturated rings. The van der Waals surface area contributed by atoms with E-state index in [0.717, 1.165) is 4.68 Å². The van der Waals surface area contributed by atoms with Gasteiger partial charge in [-0.2, -0.15) is 4.98 Å². The fraction of sp³-hybridized carbons (Fsp3) is 0.545. The zero-order valence-electron chi connectivity index (χ0n) is 12.0. The molecule has 2 aromatic heterocycles. The van der Waals surface area contributed by atoms with Gasteiger partial charge in [-0.1, -0.05) is 5.16 Å². The molecule has 0 unspecified atom stereocenters. The second-order valence-corrected chi connectivity index (χ2v) is 4.26. The van der Waals surface area contributed by atoms with Crippen LogP contribution in [0.2, 0.25) is 0 Å². The summed E-state index contributed by atoms with van der Waals surface area (Å²) in [7, 11) is 2.98. The number of carbonyl (C=O) groups is 1. The number of methoxy groups -OCH3 is 1. The Morgan fingerprint density at radius 3 is 2.86 bits per heavy atom. The predicted molar refractivity (Wildman–Crippen MR) is 69.3 cm³/mol. The minimum Gasteiger partial charge on any atom is -0.377 e. The largest absolute Gasteiger partial charge is 0.377 e. The van der Waals surface area contributed by atoms with Crippen molar-refractivity contribution >= 4 is 5.91 Å². The molecule has 1 amide bonds. The first-order valence-corrected chi connectivity index (χ1v) is 6.28. The number of H-pyrrole nitrogens is 1. The van der Waals surface area contributed by atoms with Gasteiger partial charge in [0.1, 0.15) is 13.2 Å². The minimum atomic E-state index is -0.449. The fourth-order valence-corrected chi connectivity index (χ4v) is 1.68. The molecule has 0 atom stereocenters. The number of aromatic amines is 1. The van der Waals surface area contributed by atoms with Crippen LogP contribution in [0.25, 0.3) is 0 Å². The van der Waals surface area contributed by atoms with Gasteiger partial charge in [-0.15, -0.1) is 5.10 Å². The summed E-state index contributed by atoms with van der Waals surface area (Å²) < 4.78 is 11.0. The second kappa shape index (κ2) is 6.31. The van der Waals surface area contributed by atoms with Gasteiger partial charge < -0.3 is 14.2 Å². The zero-order valence-corrected chi connectivity index (χ0v) is 12.0. The lowest BCUT2D eigenvalue weighted by molar-refractivity contribution is 0.0722. The molecule has 21 heavy (non-hydrogen) atoms. The molecule has 0 bridgehead atoms. The molecular formula is C11H16N6O4. The van der Waals surface area contributed by atoms with Gasteiger partial charge in [-0.3, -0.25) is 9.78 Å². The number of aromatic nitrogens is 5. The molecule has 0 saturated carbocycles. The molecule has 1 N–H and O–H groups in total. The van der Waals surface area contributed by atoms with Crippen molar-refractivity contribution in [3.8, 4) is 0 Å². The maximum absolute atomic E-state index is 12.2. The number of ether oxygens (including phenoxy) is 1. The SMILES string of the molecule is CCN(Cc1nc(COC)no1)C(=O)c1nn(C)c(=O)[nH]1. The van der Waals surface area contributed by atoms with Crippen LogP contribution in [0.1, 0.15) is 29.3 Å². The van der Waals surface area contributed by atoms with E-state index in [1.54, 1.807) is 6.92 Å². The van der Waals surface area contributed by atoms with E-state index in [2.05, 4.69) is 20.2 Å². The summed E-state index contributed by atoms with van der Waals surface area (Å²) in [5, 5.41) is 7.54. The van der Waals surface area contributed by atoms with Gasteiger partial charge in [0.25, 0.3) is 5.91 Å². The smallest absolute Gasteiger partial charge is 0.343 e. The number of nitrogens with one attached hydrogen (secondary N) is 1. The summed E-state index contributed by atoms with van der Waals surface area (Å²) in [5.74, 6) is 0.250. The highest BCUT2D eigenvalue weighted by Gasteiger charge is 2.21. The number of hydrogen-bond acceptors (Lipinski definition) is 7. The van der Waals surface area contributed by atoms with E-state index in [-0.39, 0.29) is 24.9 Å². The third-order valence-corrected chi connectivity index (χ3v) is 2.75. The summed E-state index contributed by atoms with van der Waals surface area (Å²) in [6, 6.07) is 0. The Balaban J connectivity index is 2.11. The molecule has 0 radical (unpaired) electrons. The third-order valence-electron chi connectivity index (χ3n) is 2.75. The molecule has 2 aromatic rings. The monoisotopic (exact) mass is 296 g/mol.